The minimum atomic E-state index is -0.228. The first kappa shape index (κ1) is 19.2. The van der Waals surface area contributed by atoms with Crippen molar-refractivity contribution in [3.63, 3.8) is 0 Å². The van der Waals surface area contributed by atoms with Gasteiger partial charge in [0, 0.05) is 11.4 Å². The third-order valence-corrected chi connectivity index (χ3v) is 4.56. The number of methoxy groups -OCH3 is 1. The molecule has 2 heterocycles. The molecule has 1 unspecified atom stereocenters. The van der Waals surface area contributed by atoms with E-state index in [2.05, 4.69) is 27.3 Å². The molecule has 5 N–H and O–H groups in total. The van der Waals surface area contributed by atoms with Gasteiger partial charge in [-0.3, -0.25) is 4.68 Å². The van der Waals surface area contributed by atoms with Crippen LogP contribution in [0.2, 0.25) is 0 Å². The summed E-state index contributed by atoms with van der Waals surface area (Å²) in [5, 5.41) is 7.68. The van der Waals surface area contributed by atoms with Crippen LogP contribution in [-0.4, -0.2) is 33.0 Å². The zero-order valence-corrected chi connectivity index (χ0v) is 16.2. The maximum Gasteiger partial charge on any atom is 0.222 e. The van der Waals surface area contributed by atoms with E-state index in [1.54, 1.807) is 13.3 Å². The van der Waals surface area contributed by atoms with Crippen LogP contribution in [0.15, 0.2) is 24.4 Å². The van der Waals surface area contributed by atoms with Gasteiger partial charge in [-0.2, -0.15) is 10.1 Å². The largest absolute Gasteiger partial charge is 0.496 e. The lowest BCUT2D eigenvalue weighted by atomic mass is 10.1. The van der Waals surface area contributed by atoms with Crippen LogP contribution in [0.3, 0.4) is 0 Å². The van der Waals surface area contributed by atoms with Gasteiger partial charge in [0.2, 0.25) is 5.95 Å². The second-order valence-electron chi connectivity index (χ2n) is 6.29. The summed E-state index contributed by atoms with van der Waals surface area (Å²) in [7, 11) is 1.64. The van der Waals surface area contributed by atoms with Crippen molar-refractivity contribution in [1.82, 2.24) is 19.7 Å². The van der Waals surface area contributed by atoms with E-state index in [4.69, 9.17) is 27.8 Å². The molecule has 0 fully saturated rings. The van der Waals surface area contributed by atoms with Gasteiger partial charge in [-0.05, 0) is 18.1 Å². The highest BCUT2D eigenvalue weighted by Gasteiger charge is 2.16. The van der Waals surface area contributed by atoms with E-state index in [9.17, 15) is 0 Å². The molecule has 144 valence electrons. The summed E-state index contributed by atoms with van der Waals surface area (Å²) in [5.41, 5.74) is 15.3. The van der Waals surface area contributed by atoms with Crippen molar-refractivity contribution in [2.24, 2.45) is 5.73 Å². The van der Waals surface area contributed by atoms with Crippen molar-refractivity contribution in [2.45, 2.75) is 38.4 Å². The smallest absolute Gasteiger partial charge is 0.222 e. The Bertz CT molecular complexity index is 927. The van der Waals surface area contributed by atoms with E-state index in [-0.39, 0.29) is 12.1 Å². The van der Waals surface area contributed by atoms with E-state index in [0.29, 0.717) is 23.8 Å². The molecule has 0 spiro atoms. The maximum absolute atomic E-state index is 6.13. The quantitative estimate of drug-likeness (QED) is 0.400. The van der Waals surface area contributed by atoms with E-state index >= 15 is 0 Å². The third kappa shape index (κ3) is 4.23. The maximum atomic E-state index is 6.13. The number of hydrogen-bond acceptors (Lipinski definition) is 7. The molecule has 0 aliphatic carbocycles. The molecule has 0 bridgehead atoms. The molecule has 9 heteroatoms. The number of nitrogens with zero attached hydrogens (tertiary/aromatic N) is 4. The van der Waals surface area contributed by atoms with Crippen molar-refractivity contribution >= 4 is 34.4 Å². The first-order valence-corrected chi connectivity index (χ1v) is 9.32. The van der Waals surface area contributed by atoms with Crippen LogP contribution in [0, 0.1) is 0 Å². The lowest BCUT2D eigenvalue weighted by Gasteiger charge is -2.16. The molecule has 0 saturated carbocycles. The van der Waals surface area contributed by atoms with Crippen LogP contribution in [0.5, 0.6) is 5.75 Å². The Balaban J connectivity index is 2.00. The number of anilines is 2. The molecule has 3 rings (SSSR count). The summed E-state index contributed by atoms with van der Waals surface area (Å²) in [6, 6.07) is 5.89. The summed E-state index contributed by atoms with van der Waals surface area (Å²) in [4.78, 5) is 8.61. The zero-order chi connectivity index (χ0) is 19.4. The summed E-state index contributed by atoms with van der Waals surface area (Å²) in [5.74, 6) is 1.94. The molecular formula is C18H24ClN7O. The van der Waals surface area contributed by atoms with Crippen LogP contribution in [-0.2, 0) is 12.4 Å². The highest BCUT2D eigenvalue weighted by Crippen LogP contribution is 2.26. The van der Waals surface area contributed by atoms with Gasteiger partial charge in [0.05, 0.1) is 26.0 Å². The molecule has 1 atom stereocenters. The molecule has 2 aromatic heterocycles. The number of halogens is 1. The molecule has 27 heavy (non-hydrogen) atoms. The second-order valence-corrected chi connectivity index (χ2v) is 6.55. The fraction of sp³-hybridized carbons (Fsp3) is 0.389. The van der Waals surface area contributed by atoms with Crippen molar-refractivity contribution in [1.29, 1.82) is 0 Å². The lowest BCUT2D eigenvalue weighted by Crippen LogP contribution is -2.30. The molecule has 0 aliphatic heterocycles. The molecule has 8 nitrogen and oxygen atoms in total. The van der Waals surface area contributed by atoms with Gasteiger partial charge >= 0.3 is 0 Å². The first-order chi connectivity index (χ1) is 13.0. The minimum absolute atomic E-state index is 0.178. The zero-order valence-electron chi connectivity index (χ0n) is 15.4. The molecule has 0 aliphatic rings. The molecular weight excluding hydrogens is 366 g/mol. The van der Waals surface area contributed by atoms with Gasteiger partial charge in [0.1, 0.15) is 16.8 Å². The Labute approximate surface area is 162 Å². The van der Waals surface area contributed by atoms with Crippen molar-refractivity contribution in [3.05, 3.63) is 35.5 Å². The Hall–Kier alpha value is -2.58. The Morgan fingerprint density at radius 1 is 1.33 bits per heavy atom. The van der Waals surface area contributed by atoms with Gasteiger partial charge in [-0.15, -0.1) is 11.6 Å². The van der Waals surface area contributed by atoms with Gasteiger partial charge in [-0.1, -0.05) is 25.5 Å². The Morgan fingerprint density at radius 2 is 2.15 bits per heavy atom. The Morgan fingerprint density at radius 3 is 2.85 bits per heavy atom. The topological polar surface area (TPSA) is 117 Å². The van der Waals surface area contributed by atoms with Crippen molar-refractivity contribution in [2.75, 3.05) is 18.2 Å². The van der Waals surface area contributed by atoms with Gasteiger partial charge in [0.25, 0.3) is 0 Å². The van der Waals surface area contributed by atoms with E-state index in [0.717, 1.165) is 35.2 Å². The fourth-order valence-corrected chi connectivity index (χ4v) is 3.13. The predicted molar refractivity (Wildman–Crippen MR) is 108 cm³/mol. The van der Waals surface area contributed by atoms with Gasteiger partial charge < -0.3 is 21.5 Å². The second kappa shape index (κ2) is 8.41. The average Bonchev–Trinajstić information content (AvgIpc) is 3.04. The standard InChI is InChI=1S/C18H24ClN7O/c1-3-4-15(20)24-17-16-13(23-18(21)25-17)9-22-26(16)10-12-6-5-11(8-19)7-14(12)27-2/h5-7,9,15H,3-4,8,10,20H2,1-2H3,(H3,21,23,24,25). The number of alkyl halides is 1. The molecule has 0 saturated heterocycles. The fourth-order valence-electron chi connectivity index (χ4n) is 2.96. The van der Waals surface area contributed by atoms with E-state index in [1.165, 1.54) is 0 Å². The number of fused-ring (bicyclic) bond motifs is 1. The van der Waals surface area contributed by atoms with E-state index < -0.39 is 0 Å². The lowest BCUT2D eigenvalue weighted by molar-refractivity contribution is 0.407. The van der Waals surface area contributed by atoms with E-state index in [1.807, 2.05) is 22.9 Å². The van der Waals surface area contributed by atoms with Gasteiger partial charge in [0.15, 0.2) is 5.82 Å². The SMILES string of the molecule is CCCC(N)Nc1nc(N)nc2cnn(Cc3ccc(CCl)cc3OC)c12. The van der Waals surface area contributed by atoms with Crippen molar-refractivity contribution < 1.29 is 4.74 Å². The summed E-state index contributed by atoms with van der Waals surface area (Å²) in [6.45, 7) is 2.56. The van der Waals surface area contributed by atoms with Gasteiger partial charge in [-0.25, -0.2) is 4.98 Å². The molecule has 0 radical (unpaired) electrons. The van der Waals surface area contributed by atoms with Crippen LogP contribution >= 0.6 is 11.6 Å². The monoisotopic (exact) mass is 389 g/mol. The molecule has 1 aromatic carbocycles. The summed E-state index contributed by atoms with van der Waals surface area (Å²) < 4.78 is 7.32. The number of nitrogen functional groups attached to an aromatic ring is 1. The van der Waals surface area contributed by atoms with Crippen LogP contribution in [0.25, 0.3) is 11.0 Å². The highest BCUT2D eigenvalue weighted by molar-refractivity contribution is 6.17. The predicted octanol–water partition coefficient (Wildman–Crippen LogP) is 2.70. The van der Waals surface area contributed by atoms with Crippen LogP contribution in [0.4, 0.5) is 11.8 Å². The average molecular weight is 390 g/mol. The summed E-state index contributed by atoms with van der Waals surface area (Å²) in [6.07, 6.45) is 3.21. The number of benzene rings is 1. The first-order valence-electron chi connectivity index (χ1n) is 8.78. The number of hydrogen-bond donors (Lipinski definition) is 3. The number of aromatic nitrogens is 4. The minimum Gasteiger partial charge on any atom is -0.496 e. The molecule has 3 aromatic rings. The Kier molecular flexibility index (Phi) is 5.98. The van der Waals surface area contributed by atoms with Crippen LogP contribution in [0.1, 0.15) is 30.9 Å². The number of ether oxygens (including phenoxy) is 1. The number of nitrogens with two attached hydrogens (primary N) is 2. The summed E-state index contributed by atoms with van der Waals surface area (Å²) >= 11 is 5.92. The number of nitrogens with one attached hydrogen (secondary N) is 1. The highest BCUT2D eigenvalue weighted by atomic mass is 35.5. The number of rotatable bonds is 8. The van der Waals surface area contributed by atoms with Crippen LogP contribution < -0.4 is 21.5 Å². The normalized spacial score (nSPS) is 12.3. The molecule has 0 amide bonds. The van der Waals surface area contributed by atoms with Crippen molar-refractivity contribution in [3.8, 4) is 5.75 Å². The third-order valence-electron chi connectivity index (χ3n) is 4.25.